The Balaban J connectivity index is 2.04. The summed E-state index contributed by atoms with van der Waals surface area (Å²) in [7, 11) is 0. The molecule has 110 valence electrons. The molecule has 2 heterocycles. The lowest BCUT2D eigenvalue weighted by Crippen LogP contribution is -2.44. The fraction of sp³-hybridized carbons (Fsp3) is 0.312. The molecule has 2 aromatic rings. The van der Waals surface area contributed by atoms with Crippen molar-refractivity contribution in [1.82, 2.24) is 4.98 Å². The number of aromatic nitrogens is 1. The first kappa shape index (κ1) is 14.2. The number of benzene rings is 1. The van der Waals surface area contributed by atoms with Gasteiger partial charge in [0.05, 0.1) is 18.9 Å². The van der Waals surface area contributed by atoms with Gasteiger partial charge < -0.3 is 14.6 Å². The van der Waals surface area contributed by atoms with E-state index in [-0.39, 0.29) is 11.6 Å². The summed E-state index contributed by atoms with van der Waals surface area (Å²) in [5.74, 6) is 0. The van der Waals surface area contributed by atoms with Gasteiger partial charge >= 0.3 is 0 Å². The number of ether oxygens (including phenoxy) is 1. The van der Waals surface area contributed by atoms with Gasteiger partial charge in [-0.15, -0.1) is 0 Å². The van der Waals surface area contributed by atoms with E-state index < -0.39 is 0 Å². The van der Waals surface area contributed by atoms with Crippen LogP contribution >= 0.6 is 11.6 Å². The van der Waals surface area contributed by atoms with Crippen molar-refractivity contribution in [3.63, 3.8) is 0 Å². The van der Waals surface area contributed by atoms with Crippen LogP contribution in [0.4, 0.5) is 5.69 Å². The maximum absolute atomic E-state index is 12.0. The number of nitrogens with one attached hydrogen (secondary N) is 1. The lowest BCUT2D eigenvalue weighted by atomic mass is 10.1. The summed E-state index contributed by atoms with van der Waals surface area (Å²) in [5, 5.41) is 0.625. The molecular weight excluding hydrogens is 288 g/mol. The van der Waals surface area contributed by atoms with Crippen molar-refractivity contribution in [2.45, 2.75) is 13.0 Å². The molecule has 0 radical (unpaired) electrons. The van der Waals surface area contributed by atoms with E-state index in [0.717, 1.165) is 23.5 Å². The molecule has 1 aliphatic rings. The molecule has 0 amide bonds. The number of hydrogen-bond donors (Lipinski definition) is 1. The number of nitrogens with zero attached hydrogens (tertiary/aromatic N) is 1. The molecule has 1 N–H and O–H groups in total. The Hall–Kier alpha value is -1.78. The van der Waals surface area contributed by atoms with E-state index in [2.05, 4.69) is 16.8 Å². The molecular formula is C16H17ClN2O2. The fourth-order valence-electron chi connectivity index (χ4n) is 2.63. The first-order valence-corrected chi connectivity index (χ1v) is 7.36. The molecule has 1 atom stereocenters. The summed E-state index contributed by atoms with van der Waals surface area (Å²) in [6.07, 6.45) is 0. The van der Waals surface area contributed by atoms with Crippen LogP contribution in [0.15, 0.2) is 41.2 Å². The Bertz CT molecular complexity index is 699. The normalized spacial score (nSPS) is 18.8. The quantitative estimate of drug-likeness (QED) is 0.928. The predicted molar refractivity (Wildman–Crippen MR) is 85.1 cm³/mol. The average molecular weight is 305 g/mol. The second-order valence-electron chi connectivity index (χ2n) is 5.21. The zero-order valence-electron chi connectivity index (χ0n) is 11.8. The van der Waals surface area contributed by atoms with Crippen LogP contribution in [0.25, 0.3) is 11.3 Å². The minimum Gasteiger partial charge on any atom is -0.377 e. The number of hydrogen-bond acceptors (Lipinski definition) is 3. The second-order valence-corrected chi connectivity index (χ2v) is 5.62. The molecule has 21 heavy (non-hydrogen) atoms. The van der Waals surface area contributed by atoms with Gasteiger partial charge in [0.2, 0.25) is 5.56 Å². The van der Waals surface area contributed by atoms with Gasteiger partial charge in [0.15, 0.2) is 0 Å². The highest BCUT2D eigenvalue weighted by Gasteiger charge is 2.20. The Morgan fingerprint density at radius 2 is 2.14 bits per heavy atom. The second kappa shape index (κ2) is 5.92. The molecule has 3 rings (SSSR count). The van der Waals surface area contributed by atoms with E-state index in [0.29, 0.717) is 18.2 Å². The third-order valence-electron chi connectivity index (χ3n) is 3.69. The van der Waals surface area contributed by atoms with Crippen LogP contribution in [-0.2, 0) is 4.74 Å². The average Bonchev–Trinajstić information content (AvgIpc) is 2.47. The standard InChI is InChI=1S/C16H17ClN2O2/c1-11-10-21-7-6-19(11)12-8-15(18-16(20)9-12)13-4-2-3-5-14(13)17/h2-5,8-9,11H,6-7,10H2,1H3,(H,18,20). The van der Waals surface area contributed by atoms with Gasteiger partial charge in [-0.05, 0) is 19.1 Å². The third-order valence-corrected chi connectivity index (χ3v) is 4.02. The van der Waals surface area contributed by atoms with Crippen LogP contribution in [-0.4, -0.2) is 30.8 Å². The molecule has 4 nitrogen and oxygen atoms in total. The predicted octanol–water partition coefficient (Wildman–Crippen LogP) is 2.92. The number of halogens is 1. The molecule has 1 unspecified atom stereocenters. The van der Waals surface area contributed by atoms with Crippen LogP contribution in [0, 0.1) is 0 Å². The maximum Gasteiger partial charge on any atom is 0.250 e. The van der Waals surface area contributed by atoms with Crippen LogP contribution in [0.5, 0.6) is 0 Å². The van der Waals surface area contributed by atoms with E-state index in [9.17, 15) is 4.79 Å². The zero-order valence-corrected chi connectivity index (χ0v) is 12.6. The molecule has 0 spiro atoms. The van der Waals surface area contributed by atoms with Gasteiger partial charge in [-0.2, -0.15) is 0 Å². The van der Waals surface area contributed by atoms with Gasteiger partial charge in [0, 0.05) is 34.9 Å². The fourth-order valence-corrected chi connectivity index (χ4v) is 2.87. The van der Waals surface area contributed by atoms with Crippen molar-refractivity contribution in [2.75, 3.05) is 24.7 Å². The lowest BCUT2D eigenvalue weighted by Gasteiger charge is -2.35. The van der Waals surface area contributed by atoms with Crippen molar-refractivity contribution in [1.29, 1.82) is 0 Å². The van der Waals surface area contributed by atoms with E-state index in [1.165, 1.54) is 0 Å². The molecule has 0 saturated carbocycles. The number of H-pyrrole nitrogens is 1. The largest absolute Gasteiger partial charge is 0.377 e. The highest BCUT2D eigenvalue weighted by molar-refractivity contribution is 6.33. The Morgan fingerprint density at radius 3 is 2.90 bits per heavy atom. The minimum absolute atomic E-state index is 0.124. The number of rotatable bonds is 2. The number of anilines is 1. The van der Waals surface area contributed by atoms with E-state index >= 15 is 0 Å². The van der Waals surface area contributed by atoms with Gasteiger partial charge in [0.25, 0.3) is 0 Å². The molecule has 0 bridgehead atoms. The summed E-state index contributed by atoms with van der Waals surface area (Å²) in [4.78, 5) is 17.0. The van der Waals surface area contributed by atoms with Crippen LogP contribution in [0.2, 0.25) is 5.02 Å². The van der Waals surface area contributed by atoms with Gasteiger partial charge in [-0.3, -0.25) is 4.79 Å². The SMILES string of the molecule is CC1COCCN1c1cc(-c2ccccc2Cl)[nH]c(=O)c1. The summed E-state index contributed by atoms with van der Waals surface area (Å²) in [5.41, 5.74) is 2.35. The van der Waals surface area contributed by atoms with Gasteiger partial charge in [-0.25, -0.2) is 0 Å². The zero-order chi connectivity index (χ0) is 14.8. The first-order chi connectivity index (χ1) is 10.1. The summed E-state index contributed by atoms with van der Waals surface area (Å²) >= 11 is 6.22. The molecule has 1 saturated heterocycles. The molecule has 5 heteroatoms. The smallest absolute Gasteiger partial charge is 0.250 e. The molecule has 1 fully saturated rings. The van der Waals surface area contributed by atoms with Gasteiger partial charge in [0.1, 0.15) is 0 Å². The van der Waals surface area contributed by atoms with Crippen molar-refractivity contribution < 1.29 is 4.74 Å². The highest BCUT2D eigenvalue weighted by atomic mass is 35.5. The number of pyridine rings is 1. The first-order valence-electron chi connectivity index (χ1n) is 6.99. The van der Waals surface area contributed by atoms with Crippen molar-refractivity contribution in [3.05, 3.63) is 51.8 Å². The minimum atomic E-state index is -0.124. The van der Waals surface area contributed by atoms with E-state index in [1.54, 1.807) is 6.07 Å². The van der Waals surface area contributed by atoms with Crippen LogP contribution in [0.1, 0.15) is 6.92 Å². The third kappa shape index (κ3) is 2.96. The monoisotopic (exact) mass is 304 g/mol. The van der Waals surface area contributed by atoms with E-state index in [4.69, 9.17) is 16.3 Å². The van der Waals surface area contributed by atoms with Crippen molar-refractivity contribution >= 4 is 17.3 Å². The Kier molecular flexibility index (Phi) is 3.99. The number of morpholine rings is 1. The van der Waals surface area contributed by atoms with Crippen LogP contribution < -0.4 is 10.5 Å². The lowest BCUT2D eigenvalue weighted by molar-refractivity contribution is 0.0989. The topological polar surface area (TPSA) is 45.3 Å². The summed E-state index contributed by atoms with van der Waals surface area (Å²) in [6, 6.07) is 11.4. The molecule has 0 aliphatic carbocycles. The summed E-state index contributed by atoms with van der Waals surface area (Å²) in [6.45, 7) is 4.23. The number of aromatic amines is 1. The summed E-state index contributed by atoms with van der Waals surface area (Å²) < 4.78 is 5.45. The maximum atomic E-state index is 12.0. The molecule has 1 aromatic heterocycles. The Morgan fingerprint density at radius 1 is 1.33 bits per heavy atom. The molecule has 1 aromatic carbocycles. The van der Waals surface area contributed by atoms with Crippen molar-refractivity contribution in [2.24, 2.45) is 0 Å². The van der Waals surface area contributed by atoms with Crippen LogP contribution in [0.3, 0.4) is 0 Å². The Labute approximate surface area is 128 Å². The molecule has 1 aliphatic heterocycles. The van der Waals surface area contributed by atoms with Crippen molar-refractivity contribution in [3.8, 4) is 11.3 Å². The highest BCUT2D eigenvalue weighted by Crippen LogP contribution is 2.28. The van der Waals surface area contributed by atoms with E-state index in [1.807, 2.05) is 30.3 Å². The van der Waals surface area contributed by atoms with Gasteiger partial charge in [-0.1, -0.05) is 29.8 Å².